The first-order valence-electron chi connectivity index (χ1n) is 10.2. The molecule has 0 bridgehead atoms. The molecular formula is C22H27N3O4S. The molecule has 1 saturated carbocycles. The van der Waals surface area contributed by atoms with Crippen LogP contribution < -0.4 is 9.46 Å². The smallest absolute Gasteiger partial charge is 0.261 e. The topological polar surface area (TPSA) is 78.9 Å². The summed E-state index contributed by atoms with van der Waals surface area (Å²) in [4.78, 5) is 17.2. The van der Waals surface area contributed by atoms with Crippen molar-refractivity contribution in [3.05, 3.63) is 54.1 Å². The summed E-state index contributed by atoms with van der Waals surface area (Å²) in [6.07, 6.45) is 2.65. The van der Waals surface area contributed by atoms with Gasteiger partial charge in [-0.15, -0.1) is 0 Å². The molecule has 0 radical (unpaired) electrons. The molecule has 160 valence electrons. The molecule has 0 aromatic heterocycles. The lowest BCUT2D eigenvalue weighted by Crippen LogP contribution is -2.49. The summed E-state index contributed by atoms with van der Waals surface area (Å²) in [6.45, 7) is 4.23. The van der Waals surface area contributed by atoms with Gasteiger partial charge < -0.3 is 9.64 Å². The van der Waals surface area contributed by atoms with E-state index in [-0.39, 0.29) is 10.8 Å². The van der Waals surface area contributed by atoms with Crippen LogP contribution in [0.4, 0.5) is 5.69 Å². The molecule has 1 saturated heterocycles. The standard InChI is InChI=1S/C22H27N3O4S/c1-29-20-9-7-19(8-10-20)23-30(27,28)21-4-2-3-18(15-21)22(26)25-13-11-24(12-14-25)16-17-5-6-17/h2-4,7-10,15,17,23H,5-6,11-14,16H2,1H3. The lowest BCUT2D eigenvalue weighted by Gasteiger charge is -2.34. The van der Waals surface area contributed by atoms with Crippen molar-refractivity contribution in [3.8, 4) is 5.75 Å². The zero-order valence-corrected chi connectivity index (χ0v) is 17.9. The quantitative estimate of drug-likeness (QED) is 0.732. The number of anilines is 1. The van der Waals surface area contributed by atoms with Gasteiger partial charge in [0.25, 0.3) is 15.9 Å². The van der Waals surface area contributed by atoms with Gasteiger partial charge in [-0.3, -0.25) is 14.4 Å². The van der Waals surface area contributed by atoms with Crippen LogP contribution in [0.5, 0.6) is 5.75 Å². The van der Waals surface area contributed by atoms with E-state index in [1.165, 1.54) is 25.0 Å². The molecule has 0 spiro atoms. The number of hydrogen-bond acceptors (Lipinski definition) is 5. The van der Waals surface area contributed by atoms with Crippen LogP contribution in [0.2, 0.25) is 0 Å². The molecule has 1 aliphatic heterocycles. The Bertz CT molecular complexity index is 995. The summed E-state index contributed by atoms with van der Waals surface area (Å²) in [5.74, 6) is 1.36. The second-order valence-electron chi connectivity index (χ2n) is 7.90. The third-order valence-electron chi connectivity index (χ3n) is 5.61. The summed E-state index contributed by atoms with van der Waals surface area (Å²) >= 11 is 0. The molecule has 30 heavy (non-hydrogen) atoms. The molecule has 2 aromatic rings. The van der Waals surface area contributed by atoms with E-state index in [1.807, 2.05) is 4.90 Å². The normalized spacial score (nSPS) is 17.6. The highest BCUT2D eigenvalue weighted by Crippen LogP contribution is 2.30. The molecule has 1 N–H and O–H groups in total. The highest BCUT2D eigenvalue weighted by atomic mass is 32.2. The van der Waals surface area contributed by atoms with Gasteiger partial charge in [0, 0.05) is 44.0 Å². The van der Waals surface area contributed by atoms with Crippen LogP contribution in [0, 0.1) is 5.92 Å². The summed E-state index contributed by atoms with van der Waals surface area (Å²) < 4.78 is 33.2. The Labute approximate surface area is 177 Å². The fraction of sp³-hybridized carbons (Fsp3) is 0.409. The number of carbonyl (C=O) groups is 1. The number of piperazine rings is 1. The van der Waals surface area contributed by atoms with Crippen LogP contribution >= 0.6 is 0 Å². The van der Waals surface area contributed by atoms with Gasteiger partial charge in [-0.1, -0.05) is 6.07 Å². The molecule has 1 aliphatic carbocycles. The van der Waals surface area contributed by atoms with Crippen molar-refractivity contribution < 1.29 is 17.9 Å². The minimum atomic E-state index is -3.80. The van der Waals surface area contributed by atoms with Crippen LogP contribution in [-0.2, 0) is 10.0 Å². The number of rotatable bonds is 7. The summed E-state index contributed by atoms with van der Waals surface area (Å²) in [5, 5.41) is 0. The molecule has 2 fully saturated rings. The summed E-state index contributed by atoms with van der Waals surface area (Å²) in [6, 6.07) is 12.9. The Morgan fingerprint density at radius 1 is 1.07 bits per heavy atom. The summed E-state index contributed by atoms with van der Waals surface area (Å²) in [5.41, 5.74) is 0.822. The van der Waals surface area contributed by atoms with Crippen LogP contribution in [-0.4, -0.2) is 64.0 Å². The zero-order chi connectivity index (χ0) is 21.1. The Balaban J connectivity index is 1.42. The van der Waals surface area contributed by atoms with Crippen LogP contribution in [0.15, 0.2) is 53.4 Å². The predicted octanol–water partition coefficient (Wildman–Crippen LogP) is 2.66. The zero-order valence-electron chi connectivity index (χ0n) is 17.1. The van der Waals surface area contributed by atoms with Gasteiger partial charge in [-0.05, 0) is 61.2 Å². The minimum Gasteiger partial charge on any atom is -0.497 e. The van der Waals surface area contributed by atoms with E-state index >= 15 is 0 Å². The molecular weight excluding hydrogens is 402 g/mol. The van der Waals surface area contributed by atoms with Crippen molar-refractivity contribution in [2.75, 3.05) is 44.6 Å². The van der Waals surface area contributed by atoms with E-state index in [2.05, 4.69) is 9.62 Å². The maximum atomic E-state index is 12.9. The molecule has 1 heterocycles. The van der Waals surface area contributed by atoms with Gasteiger partial charge in [0.15, 0.2) is 0 Å². The van der Waals surface area contributed by atoms with E-state index in [4.69, 9.17) is 4.74 Å². The van der Waals surface area contributed by atoms with E-state index in [0.717, 1.165) is 25.6 Å². The van der Waals surface area contributed by atoms with Crippen LogP contribution in [0.3, 0.4) is 0 Å². The van der Waals surface area contributed by atoms with Gasteiger partial charge in [0.1, 0.15) is 5.75 Å². The fourth-order valence-electron chi connectivity index (χ4n) is 3.65. The maximum Gasteiger partial charge on any atom is 0.261 e. The van der Waals surface area contributed by atoms with Crippen molar-refractivity contribution in [1.82, 2.24) is 9.80 Å². The van der Waals surface area contributed by atoms with E-state index in [0.29, 0.717) is 30.1 Å². The largest absolute Gasteiger partial charge is 0.497 e. The molecule has 4 rings (SSSR count). The second-order valence-corrected chi connectivity index (χ2v) is 9.58. The predicted molar refractivity (Wildman–Crippen MR) is 115 cm³/mol. The highest BCUT2D eigenvalue weighted by Gasteiger charge is 2.28. The maximum absolute atomic E-state index is 12.9. The molecule has 0 unspecified atom stereocenters. The molecule has 0 atom stereocenters. The van der Waals surface area contributed by atoms with Gasteiger partial charge >= 0.3 is 0 Å². The molecule has 8 heteroatoms. The lowest BCUT2D eigenvalue weighted by atomic mass is 10.2. The minimum absolute atomic E-state index is 0.0662. The first-order chi connectivity index (χ1) is 14.4. The molecule has 2 aliphatic rings. The second kappa shape index (κ2) is 8.65. The SMILES string of the molecule is COc1ccc(NS(=O)(=O)c2cccc(C(=O)N3CCN(CC4CC4)CC3)c2)cc1. The first-order valence-corrected chi connectivity index (χ1v) is 11.7. The number of methoxy groups -OCH3 is 1. The number of amides is 1. The number of ether oxygens (including phenoxy) is 1. The first kappa shape index (κ1) is 20.7. The average molecular weight is 430 g/mol. The third kappa shape index (κ3) is 4.94. The van der Waals surface area contributed by atoms with Gasteiger partial charge in [-0.2, -0.15) is 0 Å². The van der Waals surface area contributed by atoms with Crippen molar-refractivity contribution in [2.24, 2.45) is 5.92 Å². The van der Waals surface area contributed by atoms with E-state index in [1.54, 1.807) is 43.5 Å². The number of sulfonamides is 1. The number of nitrogens with zero attached hydrogens (tertiary/aromatic N) is 2. The van der Waals surface area contributed by atoms with Crippen molar-refractivity contribution in [3.63, 3.8) is 0 Å². The molecule has 7 nitrogen and oxygen atoms in total. The van der Waals surface area contributed by atoms with Gasteiger partial charge in [0.2, 0.25) is 0 Å². The third-order valence-corrected chi connectivity index (χ3v) is 6.99. The van der Waals surface area contributed by atoms with E-state index < -0.39 is 10.0 Å². The number of hydrogen-bond donors (Lipinski definition) is 1. The van der Waals surface area contributed by atoms with Crippen molar-refractivity contribution >= 4 is 21.6 Å². The highest BCUT2D eigenvalue weighted by molar-refractivity contribution is 7.92. The van der Waals surface area contributed by atoms with Crippen LogP contribution in [0.1, 0.15) is 23.2 Å². The average Bonchev–Trinajstić information content (AvgIpc) is 3.58. The Kier molecular flexibility index (Phi) is 5.97. The number of nitrogens with one attached hydrogen (secondary N) is 1. The monoisotopic (exact) mass is 429 g/mol. The number of carbonyl (C=O) groups excluding carboxylic acids is 1. The molecule has 2 aromatic carbocycles. The Hall–Kier alpha value is -2.58. The lowest BCUT2D eigenvalue weighted by molar-refractivity contribution is 0.0632. The van der Waals surface area contributed by atoms with Gasteiger partial charge in [-0.25, -0.2) is 8.42 Å². The summed E-state index contributed by atoms with van der Waals surface area (Å²) in [7, 11) is -2.25. The fourth-order valence-corrected chi connectivity index (χ4v) is 4.76. The number of benzene rings is 2. The van der Waals surface area contributed by atoms with Crippen molar-refractivity contribution in [1.29, 1.82) is 0 Å². The Morgan fingerprint density at radius 2 is 1.77 bits per heavy atom. The van der Waals surface area contributed by atoms with Gasteiger partial charge in [0.05, 0.1) is 12.0 Å². The van der Waals surface area contributed by atoms with Crippen molar-refractivity contribution in [2.45, 2.75) is 17.7 Å². The van der Waals surface area contributed by atoms with E-state index in [9.17, 15) is 13.2 Å². The Morgan fingerprint density at radius 3 is 2.40 bits per heavy atom. The molecule has 1 amide bonds. The van der Waals surface area contributed by atoms with Crippen LogP contribution in [0.25, 0.3) is 0 Å².